The number of H-pyrrole nitrogens is 1. The minimum absolute atomic E-state index is 0.0263. The first-order valence-electron chi connectivity index (χ1n) is 10.7. The number of aromatic nitrogens is 3. The molecule has 1 saturated heterocycles. The summed E-state index contributed by atoms with van der Waals surface area (Å²) in [5.41, 5.74) is 3.24. The van der Waals surface area contributed by atoms with Crippen molar-refractivity contribution in [1.82, 2.24) is 25.2 Å². The summed E-state index contributed by atoms with van der Waals surface area (Å²) >= 11 is 0. The maximum atomic E-state index is 14.9. The van der Waals surface area contributed by atoms with E-state index in [0.717, 1.165) is 49.5 Å². The van der Waals surface area contributed by atoms with E-state index in [1.54, 1.807) is 19.2 Å². The van der Waals surface area contributed by atoms with Crippen LogP contribution in [0.25, 0.3) is 22.0 Å². The minimum Gasteiger partial charge on any atom is -0.438 e. The van der Waals surface area contributed by atoms with Gasteiger partial charge < -0.3 is 19.6 Å². The average molecular weight is 450 g/mol. The van der Waals surface area contributed by atoms with Crippen LogP contribution in [0.5, 0.6) is 0 Å². The summed E-state index contributed by atoms with van der Waals surface area (Å²) < 4.78 is 20.0. The molecule has 3 aromatic heterocycles. The number of nitrogens with one attached hydrogen (secondary N) is 2. The summed E-state index contributed by atoms with van der Waals surface area (Å²) in [4.78, 5) is 39.6. The molecule has 1 aromatic carbocycles. The van der Waals surface area contributed by atoms with Crippen molar-refractivity contribution in [3.05, 3.63) is 63.8 Å². The highest BCUT2D eigenvalue weighted by Crippen LogP contribution is 2.26. The summed E-state index contributed by atoms with van der Waals surface area (Å²) in [6.07, 6.45) is 1.15. The van der Waals surface area contributed by atoms with Crippen molar-refractivity contribution < 1.29 is 13.6 Å². The van der Waals surface area contributed by atoms with E-state index in [2.05, 4.69) is 30.1 Å². The number of benzene rings is 1. The summed E-state index contributed by atoms with van der Waals surface area (Å²) in [6, 6.07) is 6.96. The molecular weight excluding hydrogens is 427 g/mol. The van der Waals surface area contributed by atoms with Crippen molar-refractivity contribution in [3.63, 3.8) is 0 Å². The number of rotatable bonds is 4. The van der Waals surface area contributed by atoms with Crippen molar-refractivity contribution in [3.8, 4) is 0 Å². The highest BCUT2D eigenvalue weighted by Gasteiger charge is 2.21. The molecule has 0 unspecified atom stereocenters. The predicted octanol–water partition coefficient (Wildman–Crippen LogP) is 2.19. The van der Waals surface area contributed by atoms with Crippen LogP contribution in [-0.2, 0) is 6.54 Å². The molecule has 0 bridgehead atoms. The highest BCUT2D eigenvalue weighted by molar-refractivity contribution is 6.01. The van der Waals surface area contributed by atoms with Gasteiger partial charge in [-0.3, -0.25) is 14.5 Å². The number of anilines is 1. The molecular formula is C23H23FN6O3. The Bertz CT molecular complexity index is 1420. The lowest BCUT2D eigenvalue weighted by atomic mass is 10.1. The van der Waals surface area contributed by atoms with E-state index >= 15 is 0 Å². The third kappa shape index (κ3) is 3.82. The van der Waals surface area contributed by atoms with Gasteiger partial charge in [-0.2, -0.15) is 0 Å². The smallest absolute Gasteiger partial charge is 0.293 e. The standard InChI is InChI=1S/C23H23FN6O3/c1-13-18(4-3-16(27-13)22(31)25-2)30-7-5-29(6-8-30)11-14-9-15(24)19-17(10-14)28-23(32)21-20(19)26-12-33-21/h3-4,9-10,12H,5-8,11H2,1-2H3,(H,25,31)(H,28,32). The molecule has 4 heterocycles. The Morgan fingerprint density at radius 3 is 2.76 bits per heavy atom. The first kappa shape index (κ1) is 21.1. The number of carbonyl (C=O) groups is 1. The van der Waals surface area contributed by atoms with Crippen molar-refractivity contribution in [2.24, 2.45) is 0 Å². The number of nitrogens with zero attached hydrogens (tertiary/aromatic N) is 4. The van der Waals surface area contributed by atoms with Gasteiger partial charge in [0.25, 0.3) is 11.5 Å². The Kier molecular flexibility index (Phi) is 5.29. The normalized spacial score (nSPS) is 14.8. The zero-order valence-electron chi connectivity index (χ0n) is 18.3. The number of amides is 1. The third-order valence-electron chi connectivity index (χ3n) is 6.05. The van der Waals surface area contributed by atoms with Gasteiger partial charge in [-0.15, -0.1) is 0 Å². The lowest BCUT2D eigenvalue weighted by molar-refractivity contribution is 0.0958. The average Bonchev–Trinajstić information content (AvgIpc) is 3.29. The molecule has 1 fully saturated rings. The number of halogens is 1. The fourth-order valence-corrected chi connectivity index (χ4v) is 4.41. The maximum absolute atomic E-state index is 14.9. The second kappa shape index (κ2) is 8.28. The van der Waals surface area contributed by atoms with Crippen LogP contribution < -0.4 is 15.8 Å². The van der Waals surface area contributed by atoms with E-state index in [4.69, 9.17) is 4.42 Å². The zero-order chi connectivity index (χ0) is 23.1. The first-order chi connectivity index (χ1) is 15.9. The van der Waals surface area contributed by atoms with E-state index < -0.39 is 11.4 Å². The monoisotopic (exact) mass is 450 g/mol. The van der Waals surface area contributed by atoms with Gasteiger partial charge in [0.15, 0.2) is 6.39 Å². The molecule has 0 spiro atoms. The number of fused-ring (bicyclic) bond motifs is 3. The Hall–Kier alpha value is -3.79. The molecule has 5 rings (SSSR count). The van der Waals surface area contributed by atoms with Crippen LogP contribution in [0, 0.1) is 12.7 Å². The maximum Gasteiger partial charge on any atom is 0.293 e. The number of oxazole rings is 1. The van der Waals surface area contributed by atoms with Crippen LogP contribution in [-0.4, -0.2) is 59.0 Å². The number of carbonyl (C=O) groups excluding carboxylic acids is 1. The minimum atomic E-state index is -0.436. The molecule has 0 aliphatic carbocycles. The number of piperazine rings is 1. The largest absolute Gasteiger partial charge is 0.438 e. The molecule has 9 nitrogen and oxygen atoms in total. The molecule has 4 aromatic rings. The molecule has 0 atom stereocenters. The van der Waals surface area contributed by atoms with Crippen molar-refractivity contribution in [2.45, 2.75) is 13.5 Å². The quantitative estimate of drug-likeness (QED) is 0.491. The van der Waals surface area contributed by atoms with E-state index in [1.807, 2.05) is 13.0 Å². The summed E-state index contributed by atoms with van der Waals surface area (Å²) in [7, 11) is 1.58. The summed E-state index contributed by atoms with van der Waals surface area (Å²) in [5.74, 6) is -0.642. The fourth-order valence-electron chi connectivity index (χ4n) is 4.41. The predicted molar refractivity (Wildman–Crippen MR) is 122 cm³/mol. The Morgan fingerprint density at radius 1 is 1.24 bits per heavy atom. The second-order valence-corrected chi connectivity index (χ2v) is 8.13. The molecule has 2 N–H and O–H groups in total. The molecule has 0 saturated carbocycles. The Labute approximate surface area is 188 Å². The molecule has 1 aliphatic heterocycles. The van der Waals surface area contributed by atoms with Crippen LogP contribution in [0.3, 0.4) is 0 Å². The van der Waals surface area contributed by atoms with Gasteiger partial charge in [-0.25, -0.2) is 14.4 Å². The van der Waals surface area contributed by atoms with Crippen molar-refractivity contribution in [1.29, 1.82) is 0 Å². The van der Waals surface area contributed by atoms with Crippen LogP contribution in [0.1, 0.15) is 21.7 Å². The SMILES string of the molecule is CNC(=O)c1ccc(N2CCN(Cc3cc(F)c4c(c3)[nH]c(=O)c3ocnc34)CC2)c(C)n1. The first-order valence-corrected chi connectivity index (χ1v) is 10.7. The molecule has 10 heteroatoms. The number of aromatic amines is 1. The van der Waals surface area contributed by atoms with Gasteiger partial charge in [0.05, 0.1) is 22.3 Å². The van der Waals surface area contributed by atoms with Gasteiger partial charge in [0.2, 0.25) is 5.58 Å². The van der Waals surface area contributed by atoms with Gasteiger partial charge in [0, 0.05) is 39.8 Å². The fraction of sp³-hybridized carbons (Fsp3) is 0.304. The summed E-state index contributed by atoms with van der Waals surface area (Å²) in [5, 5.41) is 2.85. The topological polar surface area (TPSA) is 107 Å². The van der Waals surface area contributed by atoms with Gasteiger partial charge >= 0.3 is 0 Å². The second-order valence-electron chi connectivity index (χ2n) is 8.13. The van der Waals surface area contributed by atoms with Crippen LogP contribution in [0.2, 0.25) is 0 Å². The molecule has 1 aliphatic rings. The van der Waals surface area contributed by atoms with E-state index in [-0.39, 0.29) is 22.4 Å². The number of hydrogen-bond donors (Lipinski definition) is 2. The Morgan fingerprint density at radius 2 is 2.03 bits per heavy atom. The van der Waals surface area contributed by atoms with E-state index in [9.17, 15) is 14.0 Å². The summed E-state index contributed by atoms with van der Waals surface area (Å²) in [6.45, 7) is 5.61. The number of pyridine rings is 2. The van der Waals surface area contributed by atoms with Crippen LogP contribution in [0.15, 0.2) is 39.9 Å². The van der Waals surface area contributed by atoms with E-state index in [0.29, 0.717) is 17.8 Å². The lowest BCUT2D eigenvalue weighted by Gasteiger charge is -2.36. The Balaban J connectivity index is 1.31. The van der Waals surface area contributed by atoms with Gasteiger partial charge in [-0.05, 0) is 36.8 Å². The van der Waals surface area contributed by atoms with Crippen molar-refractivity contribution in [2.75, 3.05) is 38.1 Å². The highest BCUT2D eigenvalue weighted by atomic mass is 19.1. The molecule has 1 amide bonds. The number of hydrogen-bond acceptors (Lipinski definition) is 7. The third-order valence-corrected chi connectivity index (χ3v) is 6.05. The van der Waals surface area contributed by atoms with Crippen molar-refractivity contribution >= 4 is 33.6 Å². The lowest BCUT2D eigenvalue weighted by Crippen LogP contribution is -2.46. The van der Waals surface area contributed by atoms with E-state index in [1.165, 1.54) is 6.07 Å². The van der Waals surface area contributed by atoms with Crippen LogP contribution >= 0.6 is 0 Å². The van der Waals surface area contributed by atoms with Crippen LogP contribution in [0.4, 0.5) is 10.1 Å². The molecule has 33 heavy (non-hydrogen) atoms. The van der Waals surface area contributed by atoms with Gasteiger partial charge in [0.1, 0.15) is 17.0 Å². The number of aryl methyl sites for hydroxylation is 1. The zero-order valence-corrected chi connectivity index (χ0v) is 18.3. The molecule has 0 radical (unpaired) electrons. The van der Waals surface area contributed by atoms with Gasteiger partial charge in [-0.1, -0.05) is 0 Å². The molecule has 170 valence electrons.